The summed E-state index contributed by atoms with van der Waals surface area (Å²) in [4.78, 5) is 24.2. The van der Waals surface area contributed by atoms with Crippen LogP contribution in [0.3, 0.4) is 0 Å². The van der Waals surface area contributed by atoms with Crippen molar-refractivity contribution in [3.05, 3.63) is 71.3 Å². The van der Waals surface area contributed by atoms with Crippen molar-refractivity contribution in [3.8, 4) is 5.75 Å². The molecule has 0 spiro atoms. The summed E-state index contributed by atoms with van der Waals surface area (Å²) in [6.45, 7) is 10.1. The maximum absolute atomic E-state index is 12.8. The Balaban J connectivity index is 1.89. The number of hydrogen-bond donors (Lipinski definition) is 0. The normalized spacial score (nSPS) is 11.5. The molecule has 0 unspecified atom stereocenters. The minimum atomic E-state index is -2.67. The van der Waals surface area contributed by atoms with Crippen molar-refractivity contribution in [2.45, 2.75) is 40.2 Å². The Bertz CT molecular complexity index is 922. The zero-order valence-electron chi connectivity index (χ0n) is 21.1. The number of esters is 1. The highest BCUT2D eigenvalue weighted by Gasteiger charge is 2.39. The van der Waals surface area contributed by atoms with Gasteiger partial charge in [0.25, 0.3) is 0 Å². The monoisotopic (exact) mass is 500 g/mol. The molecular weight excluding hydrogens is 464 g/mol. The largest absolute Gasteiger partial charge is 0.501 e. The number of benzene rings is 2. The van der Waals surface area contributed by atoms with Crippen LogP contribution in [0.2, 0.25) is 6.04 Å². The molecule has 0 fully saturated rings. The molecule has 0 saturated heterocycles. The molecule has 0 heterocycles. The zero-order chi connectivity index (χ0) is 25.5. The average Bonchev–Trinajstić information content (AvgIpc) is 2.86. The van der Waals surface area contributed by atoms with Crippen LogP contribution in [0.5, 0.6) is 5.75 Å². The van der Waals surface area contributed by atoms with Crippen LogP contribution in [0.4, 0.5) is 0 Å². The first-order chi connectivity index (χ1) is 17.0. The van der Waals surface area contributed by atoms with Crippen LogP contribution in [-0.4, -0.2) is 53.6 Å². The van der Waals surface area contributed by atoms with Gasteiger partial charge in [0.05, 0.1) is 13.2 Å². The van der Waals surface area contributed by atoms with Crippen LogP contribution in [0.15, 0.2) is 54.6 Å². The van der Waals surface area contributed by atoms with Gasteiger partial charge < -0.3 is 22.8 Å². The molecule has 0 aliphatic heterocycles. The molecule has 35 heavy (non-hydrogen) atoms. The van der Waals surface area contributed by atoms with Gasteiger partial charge in [0.1, 0.15) is 5.75 Å². The van der Waals surface area contributed by atoms with Gasteiger partial charge in [0.2, 0.25) is 0 Å². The van der Waals surface area contributed by atoms with Crippen LogP contribution < -0.4 is 4.74 Å². The SMILES string of the molecule is CCOC(=O)/C=C/c1ccc(C(=O)c2ccc(OCCC[Si](OCC)(OCC)OCC)cc2)cc1. The Morgan fingerprint density at radius 1 is 0.771 bits per heavy atom. The fourth-order valence-corrected chi connectivity index (χ4v) is 6.03. The van der Waals surface area contributed by atoms with Crippen molar-refractivity contribution >= 4 is 26.6 Å². The number of ketones is 1. The first-order valence-corrected chi connectivity index (χ1v) is 14.0. The van der Waals surface area contributed by atoms with E-state index in [9.17, 15) is 9.59 Å². The van der Waals surface area contributed by atoms with Crippen molar-refractivity contribution in [1.29, 1.82) is 0 Å². The van der Waals surface area contributed by atoms with Gasteiger partial charge in [0, 0.05) is 43.1 Å². The molecule has 7 nitrogen and oxygen atoms in total. The molecule has 0 radical (unpaired) electrons. The molecule has 2 aromatic rings. The van der Waals surface area contributed by atoms with Crippen LogP contribution >= 0.6 is 0 Å². The van der Waals surface area contributed by atoms with Gasteiger partial charge in [-0.15, -0.1) is 0 Å². The second-order valence-corrected chi connectivity index (χ2v) is 10.2. The molecule has 2 rings (SSSR count). The van der Waals surface area contributed by atoms with E-state index in [4.69, 9.17) is 22.8 Å². The van der Waals surface area contributed by atoms with Gasteiger partial charge in [-0.2, -0.15) is 0 Å². The number of hydrogen-bond acceptors (Lipinski definition) is 7. The highest BCUT2D eigenvalue weighted by molar-refractivity contribution is 6.60. The van der Waals surface area contributed by atoms with Crippen molar-refractivity contribution < 1.29 is 32.3 Å². The third kappa shape index (κ3) is 9.41. The predicted molar refractivity (Wildman–Crippen MR) is 138 cm³/mol. The van der Waals surface area contributed by atoms with E-state index in [0.29, 0.717) is 56.0 Å². The maximum atomic E-state index is 12.8. The van der Waals surface area contributed by atoms with Gasteiger partial charge in [-0.05, 0) is 70.0 Å². The molecular formula is C27H36O7Si. The lowest BCUT2D eigenvalue weighted by atomic mass is 10.0. The molecule has 2 aromatic carbocycles. The van der Waals surface area contributed by atoms with E-state index in [2.05, 4.69) is 0 Å². The molecule has 190 valence electrons. The molecule has 0 saturated carbocycles. The highest BCUT2D eigenvalue weighted by Crippen LogP contribution is 2.20. The van der Waals surface area contributed by atoms with E-state index >= 15 is 0 Å². The van der Waals surface area contributed by atoms with E-state index in [1.807, 2.05) is 20.8 Å². The van der Waals surface area contributed by atoms with Crippen molar-refractivity contribution in [2.75, 3.05) is 33.0 Å². The van der Waals surface area contributed by atoms with E-state index < -0.39 is 14.8 Å². The Morgan fingerprint density at radius 2 is 1.31 bits per heavy atom. The summed E-state index contributed by atoms with van der Waals surface area (Å²) in [7, 11) is -2.67. The van der Waals surface area contributed by atoms with Crippen molar-refractivity contribution in [1.82, 2.24) is 0 Å². The van der Waals surface area contributed by atoms with Gasteiger partial charge in [-0.1, -0.05) is 24.3 Å². The lowest BCUT2D eigenvalue weighted by molar-refractivity contribution is -0.137. The minimum absolute atomic E-state index is 0.0848. The summed E-state index contributed by atoms with van der Waals surface area (Å²) >= 11 is 0. The minimum Gasteiger partial charge on any atom is -0.494 e. The third-order valence-corrected chi connectivity index (χ3v) is 8.13. The van der Waals surface area contributed by atoms with Gasteiger partial charge >= 0.3 is 14.8 Å². The summed E-state index contributed by atoms with van der Waals surface area (Å²) in [5.41, 5.74) is 1.95. The average molecular weight is 501 g/mol. The number of carbonyl (C=O) groups is 2. The van der Waals surface area contributed by atoms with Gasteiger partial charge in [-0.3, -0.25) is 4.79 Å². The molecule has 0 aliphatic carbocycles. The number of ether oxygens (including phenoxy) is 2. The molecule has 0 aromatic heterocycles. The van der Waals surface area contributed by atoms with Gasteiger partial charge in [0.15, 0.2) is 5.78 Å². The molecule has 0 aliphatic rings. The summed E-state index contributed by atoms with van der Waals surface area (Å²) in [6, 6.07) is 14.8. The molecule has 8 heteroatoms. The Kier molecular flexibility index (Phi) is 12.4. The quantitative estimate of drug-likeness (QED) is 0.102. The Hall–Kier alpha value is -2.78. The first-order valence-electron chi connectivity index (χ1n) is 12.1. The van der Waals surface area contributed by atoms with E-state index in [1.54, 1.807) is 61.5 Å². The fourth-order valence-electron chi connectivity index (χ4n) is 3.45. The third-order valence-electron chi connectivity index (χ3n) is 4.98. The smallest absolute Gasteiger partial charge is 0.494 e. The van der Waals surface area contributed by atoms with Crippen LogP contribution in [0.25, 0.3) is 6.08 Å². The van der Waals surface area contributed by atoms with Gasteiger partial charge in [-0.25, -0.2) is 4.79 Å². The number of rotatable bonds is 16. The van der Waals surface area contributed by atoms with Crippen LogP contribution in [-0.2, 0) is 22.8 Å². The summed E-state index contributed by atoms with van der Waals surface area (Å²) in [5, 5.41) is 0. The standard InChI is InChI=1S/C27H36O7Si/c1-5-30-26(28)19-12-22-10-13-23(14-11-22)27(29)24-15-17-25(18-16-24)31-20-9-21-35(32-6-2,33-7-3)34-8-4/h10-19H,5-9,20-21H2,1-4H3/b19-12+. The zero-order valence-corrected chi connectivity index (χ0v) is 22.1. The van der Waals surface area contributed by atoms with Crippen molar-refractivity contribution in [3.63, 3.8) is 0 Å². The lowest BCUT2D eigenvalue weighted by Crippen LogP contribution is -2.46. The second kappa shape index (κ2) is 15.3. The fraction of sp³-hybridized carbons (Fsp3) is 0.407. The predicted octanol–water partition coefficient (Wildman–Crippen LogP) is 5.31. The molecule has 0 atom stereocenters. The van der Waals surface area contributed by atoms with E-state index in [1.165, 1.54) is 6.08 Å². The molecule has 0 amide bonds. The number of carbonyl (C=O) groups excluding carboxylic acids is 2. The second-order valence-electron chi connectivity index (χ2n) is 7.49. The Morgan fingerprint density at radius 3 is 1.83 bits per heavy atom. The highest BCUT2D eigenvalue weighted by atomic mass is 28.4. The van der Waals surface area contributed by atoms with Crippen molar-refractivity contribution in [2.24, 2.45) is 0 Å². The van der Waals surface area contributed by atoms with E-state index in [0.717, 1.165) is 12.0 Å². The van der Waals surface area contributed by atoms with Crippen LogP contribution in [0, 0.1) is 0 Å². The summed E-state index contributed by atoms with van der Waals surface area (Å²) in [5.74, 6) is 0.213. The summed E-state index contributed by atoms with van der Waals surface area (Å²) in [6.07, 6.45) is 3.76. The lowest BCUT2D eigenvalue weighted by Gasteiger charge is -2.28. The van der Waals surface area contributed by atoms with E-state index in [-0.39, 0.29) is 5.78 Å². The molecule has 0 bridgehead atoms. The summed E-state index contributed by atoms with van der Waals surface area (Å²) < 4.78 is 28.3. The topological polar surface area (TPSA) is 80.3 Å². The maximum Gasteiger partial charge on any atom is 0.501 e. The molecule has 0 N–H and O–H groups in total. The van der Waals surface area contributed by atoms with Crippen LogP contribution in [0.1, 0.15) is 55.6 Å². The Labute approximate surface area is 209 Å². The first kappa shape index (κ1) is 28.5.